The van der Waals surface area contributed by atoms with Crippen LogP contribution >= 0.6 is 11.8 Å². The van der Waals surface area contributed by atoms with Gasteiger partial charge in [0.2, 0.25) is 0 Å². The van der Waals surface area contributed by atoms with E-state index in [1.54, 1.807) is 6.92 Å². The fraction of sp³-hybridized carbons (Fsp3) is 0.286. The van der Waals surface area contributed by atoms with Crippen molar-refractivity contribution in [3.8, 4) is 0 Å². The van der Waals surface area contributed by atoms with Gasteiger partial charge < -0.3 is 9.94 Å². The number of hydrogen-bond acceptors (Lipinski definition) is 5. The van der Waals surface area contributed by atoms with Gasteiger partial charge in [0.15, 0.2) is 0 Å². The first-order chi connectivity index (χ1) is 10.0. The number of hydrogen-bond donors (Lipinski definition) is 2. The van der Waals surface area contributed by atoms with Gasteiger partial charge in [-0.15, -0.1) is 4.73 Å². The number of aliphatic hydroxyl groups is 1. The summed E-state index contributed by atoms with van der Waals surface area (Å²) in [7, 11) is 0. The zero-order chi connectivity index (χ0) is 15.4. The number of aromatic nitrogens is 2. The molecule has 0 bridgehead atoms. The molecule has 0 saturated heterocycles. The van der Waals surface area contributed by atoms with Crippen molar-refractivity contribution in [2.45, 2.75) is 23.8 Å². The Bertz CT molecular complexity index is 751. The molecule has 0 saturated carbocycles. The third kappa shape index (κ3) is 3.56. The Hall–Kier alpha value is -1.99. The molecule has 7 heteroatoms. The van der Waals surface area contributed by atoms with Gasteiger partial charge in [0.25, 0.3) is 5.56 Å². The molecule has 0 atom stereocenters. The van der Waals surface area contributed by atoms with Crippen molar-refractivity contribution in [1.82, 2.24) is 9.71 Å². The van der Waals surface area contributed by atoms with Crippen molar-refractivity contribution in [1.29, 1.82) is 0 Å². The van der Waals surface area contributed by atoms with E-state index < -0.39 is 11.2 Å². The third-order valence-corrected chi connectivity index (χ3v) is 3.92. The molecule has 0 unspecified atom stereocenters. The van der Waals surface area contributed by atoms with Crippen LogP contribution in [0.2, 0.25) is 0 Å². The lowest BCUT2D eigenvalue weighted by Gasteiger charge is -2.14. The fourth-order valence-corrected chi connectivity index (χ4v) is 2.82. The number of aliphatic hydroxyl groups excluding tert-OH is 1. The van der Waals surface area contributed by atoms with E-state index in [4.69, 9.17) is 9.94 Å². The molecule has 1 aromatic heterocycles. The lowest BCUT2D eigenvalue weighted by atomic mass is 10.2. The Morgan fingerprint density at radius 2 is 2.10 bits per heavy atom. The molecule has 0 aliphatic carbocycles. The molecule has 0 aliphatic rings. The van der Waals surface area contributed by atoms with Gasteiger partial charge in [-0.25, -0.2) is 4.79 Å². The van der Waals surface area contributed by atoms with Gasteiger partial charge in [-0.05, 0) is 26.0 Å². The first kappa shape index (κ1) is 15.4. The molecule has 2 N–H and O–H groups in total. The molecule has 0 aliphatic heterocycles. The van der Waals surface area contributed by atoms with E-state index in [1.807, 2.05) is 31.2 Å². The standard InChI is InChI=1S/C14H16N2O4S/c1-9-4-3-5-11(8-9)21-13-10(2)12(18)15-14(19)16(13)20-7-6-17/h3-5,8,17H,6-7H2,1-2H3,(H,15,18,19). The summed E-state index contributed by atoms with van der Waals surface area (Å²) < 4.78 is 1.01. The highest BCUT2D eigenvalue weighted by atomic mass is 32.2. The van der Waals surface area contributed by atoms with Crippen LogP contribution in [0.25, 0.3) is 0 Å². The predicted molar refractivity (Wildman–Crippen MR) is 79.9 cm³/mol. The zero-order valence-corrected chi connectivity index (χ0v) is 12.6. The second kappa shape index (κ2) is 6.64. The summed E-state index contributed by atoms with van der Waals surface area (Å²) in [4.78, 5) is 31.9. The van der Waals surface area contributed by atoms with Gasteiger partial charge in [0.05, 0.1) is 6.61 Å². The maximum absolute atomic E-state index is 11.9. The van der Waals surface area contributed by atoms with E-state index >= 15 is 0 Å². The average Bonchev–Trinajstić information content (AvgIpc) is 2.44. The fourth-order valence-electron chi connectivity index (χ4n) is 1.74. The number of benzene rings is 1. The molecule has 6 nitrogen and oxygen atoms in total. The van der Waals surface area contributed by atoms with Gasteiger partial charge in [0.1, 0.15) is 11.6 Å². The van der Waals surface area contributed by atoms with Crippen LogP contribution < -0.4 is 16.1 Å². The van der Waals surface area contributed by atoms with Crippen molar-refractivity contribution in [2.24, 2.45) is 0 Å². The first-order valence-corrected chi connectivity index (χ1v) is 7.19. The molecule has 0 amide bonds. The summed E-state index contributed by atoms with van der Waals surface area (Å²) in [5.41, 5.74) is 0.361. The number of nitrogens with zero attached hydrogens (tertiary/aromatic N) is 1. The smallest absolute Gasteiger partial charge is 0.362 e. The van der Waals surface area contributed by atoms with Crippen LogP contribution in [0.15, 0.2) is 43.8 Å². The van der Waals surface area contributed by atoms with Crippen molar-refractivity contribution in [2.75, 3.05) is 13.2 Å². The van der Waals surface area contributed by atoms with Crippen LogP contribution in [0.1, 0.15) is 11.1 Å². The Balaban J connectivity index is 2.49. The Labute approximate surface area is 125 Å². The molecule has 1 heterocycles. The van der Waals surface area contributed by atoms with Gasteiger partial charge >= 0.3 is 5.69 Å². The van der Waals surface area contributed by atoms with Crippen LogP contribution in [0.4, 0.5) is 0 Å². The van der Waals surface area contributed by atoms with E-state index in [0.717, 1.165) is 15.2 Å². The summed E-state index contributed by atoms with van der Waals surface area (Å²) >= 11 is 1.27. The van der Waals surface area contributed by atoms with Crippen LogP contribution in [0, 0.1) is 13.8 Å². The van der Waals surface area contributed by atoms with E-state index in [-0.39, 0.29) is 13.2 Å². The van der Waals surface area contributed by atoms with Crippen LogP contribution in [0.5, 0.6) is 0 Å². The molecule has 1 aromatic carbocycles. The maximum Gasteiger partial charge on any atom is 0.362 e. The zero-order valence-electron chi connectivity index (χ0n) is 11.8. The van der Waals surface area contributed by atoms with E-state index in [9.17, 15) is 9.59 Å². The molecular formula is C14H16N2O4S. The Morgan fingerprint density at radius 3 is 2.76 bits per heavy atom. The second-order valence-electron chi connectivity index (χ2n) is 4.46. The molecule has 2 aromatic rings. The maximum atomic E-state index is 11.9. The quantitative estimate of drug-likeness (QED) is 0.795. The van der Waals surface area contributed by atoms with Crippen LogP contribution in [-0.4, -0.2) is 28.0 Å². The lowest BCUT2D eigenvalue weighted by molar-refractivity contribution is 0.0513. The van der Waals surface area contributed by atoms with Gasteiger partial charge in [-0.2, -0.15) is 0 Å². The van der Waals surface area contributed by atoms with E-state index in [2.05, 4.69) is 4.98 Å². The summed E-state index contributed by atoms with van der Waals surface area (Å²) in [5.74, 6) is 0. The summed E-state index contributed by atoms with van der Waals surface area (Å²) in [6.45, 7) is 3.32. The van der Waals surface area contributed by atoms with Gasteiger partial charge in [-0.3, -0.25) is 9.78 Å². The minimum absolute atomic E-state index is 0.0350. The van der Waals surface area contributed by atoms with Crippen LogP contribution in [-0.2, 0) is 0 Å². The predicted octanol–water partition coefficient (Wildman–Crippen LogP) is 0.726. The molecule has 2 rings (SSSR count). The minimum atomic E-state index is -0.658. The summed E-state index contributed by atoms with van der Waals surface area (Å²) in [6.07, 6.45) is 0. The first-order valence-electron chi connectivity index (χ1n) is 6.37. The van der Waals surface area contributed by atoms with Crippen molar-refractivity contribution in [3.63, 3.8) is 0 Å². The van der Waals surface area contributed by atoms with Gasteiger partial charge in [-0.1, -0.05) is 29.5 Å². The normalized spacial score (nSPS) is 10.6. The highest BCUT2D eigenvalue weighted by molar-refractivity contribution is 7.99. The average molecular weight is 308 g/mol. The summed E-state index contributed by atoms with van der Waals surface area (Å²) in [6, 6.07) is 7.70. The number of aromatic amines is 1. The lowest BCUT2D eigenvalue weighted by Crippen LogP contribution is -2.37. The molecule has 112 valence electrons. The molecule has 0 fully saturated rings. The number of H-pyrrole nitrogens is 1. The summed E-state index contributed by atoms with van der Waals surface area (Å²) in [5, 5.41) is 9.25. The van der Waals surface area contributed by atoms with Gasteiger partial charge in [0, 0.05) is 10.5 Å². The molecule has 21 heavy (non-hydrogen) atoms. The third-order valence-electron chi connectivity index (χ3n) is 2.77. The second-order valence-corrected chi connectivity index (χ2v) is 5.52. The molecule has 0 radical (unpaired) electrons. The highest BCUT2D eigenvalue weighted by Gasteiger charge is 2.14. The largest absolute Gasteiger partial charge is 0.406 e. The number of nitrogens with one attached hydrogen (secondary N) is 1. The molecule has 0 spiro atoms. The van der Waals surface area contributed by atoms with E-state index in [0.29, 0.717) is 10.6 Å². The van der Waals surface area contributed by atoms with Crippen molar-refractivity contribution < 1.29 is 9.94 Å². The van der Waals surface area contributed by atoms with Crippen molar-refractivity contribution in [3.05, 3.63) is 56.2 Å². The Kier molecular flexibility index (Phi) is 4.87. The van der Waals surface area contributed by atoms with Crippen LogP contribution in [0.3, 0.4) is 0 Å². The number of aryl methyl sites for hydroxylation is 1. The molecular weight excluding hydrogens is 292 g/mol. The topological polar surface area (TPSA) is 84.3 Å². The number of rotatable bonds is 5. The highest BCUT2D eigenvalue weighted by Crippen LogP contribution is 2.28. The van der Waals surface area contributed by atoms with Crippen molar-refractivity contribution >= 4 is 11.8 Å². The Morgan fingerprint density at radius 1 is 1.33 bits per heavy atom. The monoisotopic (exact) mass is 308 g/mol. The SMILES string of the molecule is Cc1cccc(Sc2c(C)c(=O)[nH]c(=O)n2OCCO)c1. The minimum Gasteiger partial charge on any atom is -0.406 e. The van der Waals surface area contributed by atoms with E-state index in [1.165, 1.54) is 11.8 Å².